The van der Waals surface area contributed by atoms with Gasteiger partial charge in [-0.25, -0.2) is 15.4 Å². The highest BCUT2D eigenvalue weighted by Gasteiger charge is 2.15. The van der Waals surface area contributed by atoms with E-state index in [9.17, 15) is 0 Å². The lowest BCUT2D eigenvalue weighted by atomic mass is 10.4. The highest BCUT2D eigenvalue weighted by Crippen LogP contribution is 2.14. The lowest BCUT2D eigenvalue weighted by Crippen LogP contribution is -2.54. The number of hydrazine groups is 1. The molecule has 1 fully saturated rings. The molecule has 0 aliphatic carbocycles. The van der Waals surface area contributed by atoms with Crippen LogP contribution in [0.2, 0.25) is 0 Å². The van der Waals surface area contributed by atoms with Crippen LogP contribution in [0.5, 0.6) is 0 Å². The Morgan fingerprint density at radius 2 is 2.33 bits per heavy atom. The van der Waals surface area contributed by atoms with Crippen LogP contribution in [0.1, 0.15) is 0 Å². The smallest absolute Gasteiger partial charge is 0.148 e. The highest BCUT2D eigenvalue weighted by molar-refractivity contribution is 5.48. The van der Waals surface area contributed by atoms with E-state index in [0.29, 0.717) is 6.54 Å². The molecule has 7 nitrogen and oxygen atoms in total. The molecular formula is C11H21N7. The van der Waals surface area contributed by atoms with Gasteiger partial charge in [0.25, 0.3) is 0 Å². The van der Waals surface area contributed by atoms with Crippen molar-refractivity contribution in [2.24, 2.45) is 5.73 Å². The summed E-state index contributed by atoms with van der Waals surface area (Å²) in [6, 6.07) is 1.95. The lowest BCUT2D eigenvalue weighted by Gasteiger charge is -2.32. The van der Waals surface area contributed by atoms with Gasteiger partial charge in [-0.05, 0) is 7.05 Å². The maximum Gasteiger partial charge on any atom is 0.148 e. The Kier molecular flexibility index (Phi) is 4.68. The zero-order valence-corrected chi connectivity index (χ0v) is 10.8. The minimum absolute atomic E-state index is 0.689. The summed E-state index contributed by atoms with van der Waals surface area (Å²) in [6.07, 6.45) is 1.58. The summed E-state index contributed by atoms with van der Waals surface area (Å²) >= 11 is 0. The van der Waals surface area contributed by atoms with Crippen molar-refractivity contribution < 1.29 is 0 Å². The maximum atomic E-state index is 5.49. The Morgan fingerprint density at radius 1 is 1.50 bits per heavy atom. The topological polar surface area (TPSA) is 82.3 Å². The summed E-state index contributed by atoms with van der Waals surface area (Å²) in [5, 5.41) is 5.30. The predicted molar refractivity (Wildman–Crippen MR) is 72.4 cm³/mol. The first-order valence-corrected chi connectivity index (χ1v) is 6.25. The fourth-order valence-corrected chi connectivity index (χ4v) is 1.72. The third-order valence-electron chi connectivity index (χ3n) is 2.88. The van der Waals surface area contributed by atoms with Gasteiger partial charge < -0.3 is 16.0 Å². The van der Waals surface area contributed by atoms with E-state index in [1.54, 1.807) is 6.33 Å². The Labute approximate surface area is 107 Å². The quantitative estimate of drug-likeness (QED) is 0.579. The van der Waals surface area contributed by atoms with Crippen LogP contribution in [0.15, 0.2) is 12.4 Å². The minimum Gasteiger partial charge on any atom is -0.369 e. The molecule has 0 unspecified atom stereocenters. The summed E-state index contributed by atoms with van der Waals surface area (Å²) < 4.78 is 0. The van der Waals surface area contributed by atoms with Crippen molar-refractivity contribution in [3.8, 4) is 0 Å². The molecule has 2 heterocycles. The fraction of sp³-hybridized carbons (Fsp3) is 0.636. The van der Waals surface area contributed by atoms with Crippen molar-refractivity contribution in [2.45, 2.75) is 0 Å². The van der Waals surface area contributed by atoms with Crippen LogP contribution in [-0.4, -0.2) is 61.2 Å². The molecule has 2 rings (SSSR count). The van der Waals surface area contributed by atoms with Crippen LogP contribution in [0, 0.1) is 0 Å². The summed E-state index contributed by atoms with van der Waals surface area (Å²) in [5.74, 6) is 1.77. The van der Waals surface area contributed by atoms with Gasteiger partial charge in [-0.2, -0.15) is 0 Å². The number of anilines is 2. The number of hydrogen-bond acceptors (Lipinski definition) is 7. The van der Waals surface area contributed by atoms with Gasteiger partial charge in [0.2, 0.25) is 0 Å². The van der Waals surface area contributed by atoms with Gasteiger partial charge in [-0.3, -0.25) is 5.01 Å². The zero-order valence-electron chi connectivity index (χ0n) is 10.8. The third kappa shape index (κ3) is 3.52. The summed E-state index contributed by atoms with van der Waals surface area (Å²) in [5.41, 5.74) is 8.67. The highest BCUT2D eigenvalue weighted by atomic mass is 15.6. The van der Waals surface area contributed by atoms with Gasteiger partial charge in [-0.1, -0.05) is 0 Å². The second kappa shape index (κ2) is 6.48. The second-order valence-electron chi connectivity index (χ2n) is 4.34. The monoisotopic (exact) mass is 251 g/mol. The molecule has 0 radical (unpaired) electrons. The molecule has 0 amide bonds. The summed E-state index contributed by atoms with van der Waals surface area (Å²) in [7, 11) is 2.06. The minimum atomic E-state index is 0.689. The molecule has 7 heteroatoms. The van der Waals surface area contributed by atoms with Crippen molar-refractivity contribution in [3.05, 3.63) is 12.4 Å². The number of nitrogens with two attached hydrogens (primary N) is 1. The van der Waals surface area contributed by atoms with Gasteiger partial charge >= 0.3 is 0 Å². The first kappa shape index (κ1) is 13.0. The van der Waals surface area contributed by atoms with Gasteiger partial charge in [-0.15, -0.1) is 0 Å². The molecule has 1 saturated heterocycles. The molecule has 0 atom stereocenters. The van der Waals surface area contributed by atoms with E-state index in [4.69, 9.17) is 5.73 Å². The molecular weight excluding hydrogens is 230 g/mol. The molecule has 0 saturated carbocycles. The maximum absolute atomic E-state index is 5.49. The van der Waals surface area contributed by atoms with Gasteiger partial charge in [0.15, 0.2) is 0 Å². The molecule has 1 aromatic rings. The van der Waals surface area contributed by atoms with E-state index in [2.05, 4.69) is 32.7 Å². The molecule has 18 heavy (non-hydrogen) atoms. The van der Waals surface area contributed by atoms with Crippen LogP contribution >= 0.6 is 0 Å². The van der Waals surface area contributed by atoms with Crippen molar-refractivity contribution in [1.29, 1.82) is 0 Å². The molecule has 1 aliphatic rings. The fourth-order valence-electron chi connectivity index (χ4n) is 1.72. The first-order chi connectivity index (χ1) is 8.79. The number of hydrogen-bond donors (Lipinski definition) is 3. The zero-order chi connectivity index (χ0) is 12.8. The molecule has 0 aromatic carbocycles. The standard InChI is InChI=1S/C11H21N7/c1-17(5-2-12)6-3-13-10-8-11(15-9-14-10)18-7-4-16-18/h8-9,16H,2-7,12H2,1H3,(H,13,14,15). The van der Waals surface area contributed by atoms with E-state index in [1.165, 1.54) is 0 Å². The Balaban J connectivity index is 1.78. The first-order valence-electron chi connectivity index (χ1n) is 6.25. The van der Waals surface area contributed by atoms with Crippen molar-refractivity contribution in [3.63, 3.8) is 0 Å². The van der Waals surface area contributed by atoms with Crippen LogP contribution in [0.4, 0.5) is 11.6 Å². The summed E-state index contributed by atoms with van der Waals surface area (Å²) in [6.45, 7) is 5.40. The Bertz CT molecular complexity index is 366. The second-order valence-corrected chi connectivity index (χ2v) is 4.34. The largest absolute Gasteiger partial charge is 0.369 e. The molecule has 1 aromatic heterocycles. The Hall–Kier alpha value is -1.44. The SMILES string of the molecule is CN(CCN)CCNc1cc(N2CCN2)ncn1. The van der Waals surface area contributed by atoms with Crippen LogP contribution in [0.3, 0.4) is 0 Å². The van der Waals surface area contributed by atoms with E-state index >= 15 is 0 Å². The molecule has 100 valence electrons. The van der Waals surface area contributed by atoms with E-state index in [0.717, 1.165) is 44.4 Å². The number of nitrogens with one attached hydrogen (secondary N) is 2. The van der Waals surface area contributed by atoms with Crippen molar-refractivity contribution in [1.82, 2.24) is 20.3 Å². The average molecular weight is 251 g/mol. The molecule has 1 aliphatic heterocycles. The number of nitrogens with zero attached hydrogens (tertiary/aromatic N) is 4. The van der Waals surface area contributed by atoms with E-state index in [-0.39, 0.29) is 0 Å². The average Bonchev–Trinajstić information content (AvgIpc) is 2.27. The lowest BCUT2D eigenvalue weighted by molar-refractivity contribution is 0.357. The van der Waals surface area contributed by atoms with Crippen LogP contribution < -0.4 is 21.5 Å². The van der Waals surface area contributed by atoms with Crippen LogP contribution in [-0.2, 0) is 0 Å². The van der Waals surface area contributed by atoms with Gasteiger partial charge in [0.05, 0.1) is 6.54 Å². The predicted octanol–water partition coefficient (Wildman–Crippen LogP) is -0.896. The normalized spacial score (nSPS) is 14.7. The third-order valence-corrected chi connectivity index (χ3v) is 2.88. The molecule has 4 N–H and O–H groups in total. The van der Waals surface area contributed by atoms with Crippen LogP contribution in [0.25, 0.3) is 0 Å². The van der Waals surface area contributed by atoms with Crippen molar-refractivity contribution >= 4 is 11.6 Å². The number of likely N-dealkylation sites (N-methyl/N-ethyl adjacent to an activating group) is 1. The van der Waals surface area contributed by atoms with Crippen molar-refractivity contribution in [2.75, 3.05) is 56.6 Å². The van der Waals surface area contributed by atoms with Gasteiger partial charge in [0, 0.05) is 38.8 Å². The molecule has 0 bridgehead atoms. The number of aromatic nitrogens is 2. The van der Waals surface area contributed by atoms with Gasteiger partial charge in [0.1, 0.15) is 18.0 Å². The Morgan fingerprint density at radius 3 is 3.00 bits per heavy atom. The molecule has 0 spiro atoms. The summed E-state index contributed by atoms with van der Waals surface area (Å²) in [4.78, 5) is 10.6. The van der Waals surface area contributed by atoms with E-state index in [1.807, 2.05) is 11.1 Å². The van der Waals surface area contributed by atoms with E-state index < -0.39 is 0 Å². The number of rotatable bonds is 7.